The van der Waals surface area contributed by atoms with E-state index in [2.05, 4.69) is 88.7 Å². The fourth-order valence-electron chi connectivity index (χ4n) is 6.81. The number of aromatic nitrogens is 1. The van der Waals surface area contributed by atoms with Crippen molar-refractivity contribution in [2.75, 3.05) is 11.4 Å². The van der Waals surface area contributed by atoms with Crippen molar-refractivity contribution in [3.8, 4) is 0 Å². The van der Waals surface area contributed by atoms with Gasteiger partial charge in [-0.15, -0.1) is 0 Å². The molecule has 1 heterocycles. The normalized spacial score (nSPS) is 15.2. The van der Waals surface area contributed by atoms with Crippen LogP contribution < -0.4 is 10.6 Å². The van der Waals surface area contributed by atoms with Crippen LogP contribution in [0.3, 0.4) is 0 Å². The molecule has 0 atom stereocenters. The van der Waals surface area contributed by atoms with Crippen molar-refractivity contribution in [2.24, 2.45) is 12.8 Å². The topological polar surface area (TPSA) is 51.3 Å². The lowest BCUT2D eigenvalue weighted by Gasteiger charge is -2.38. The van der Waals surface area contributed by atoms with Crippen molar-refractivity contribution in [3.05, 3.63) is 64.8 Å². The van der Waals surface area contributed by atoms with E-state index < -0.39 is 0 Å². The van der Waals surface area contributed by atoms with Crippen LogP contribution in [0.2, 0.25) is 0 Å². The minimum atomic E-state index is -0.339. The Balaban J connectivity index is 1.91. The van der Waals surface area contributed by atoms with E-state index in [1.807, 2.05) is 4.90 Å². The number of carbonyl (C=O) groups excluding carboxylic acids is 1. The van der Waals surface area contributed by atoms with Gasteiger partial charge in [0.25, 0.3) is 0 Å². The number of anilines is 1. The fourth-order valence-corrected chi connectivity index (χ4v) is 6.81. The molecule has 0 aliphatic heterocycles. The first-order valence-corrected chi connectivity index (χ1v) is 14.5. The molecule has 1 fully saturated rings. The highest BCUT2D eigenvalue weighted by Gasteiger charge is 2.43. The zero-order valence-electron chi connectivity index (χ0n) is 23.9. The third-order valence-corrected chi connectivity index (χ3v) is 8.68. The van der Waals surface area contributed by atoms with Crippen LogP contribution in [0.25, 0.3) is 10.9 Å². The molecule has 200 valence electrons. The molecule has 0 radical (unpaired) electrons. The van der Waals surface area contributed by atoms with Crippen LogP contribution in [-0.2, 0) is 18.9 Å². The molecule has 37 heavy (non-hydrogen) atoms. The van der Waals surface area contributed by atoms with E-state index in [-0.39, 0.29) is 11.4 Å². The number of nitrogens with zero attached hydrogens (tertiary/aromatic N) is 2. The SMILES string of the molecule is CCCCCc1c(C2(CN(C(N)=O)c3c(C(C)C)cccc3C(C)C)CCCC2)c2ccccc2n1C. The molecule has 1 aliphatic carbocycles. The lowest BCUT2D eigenvalue weighted by atomic mass is 9.75. The van der Waals surface area contributed by atoms with Gasteiger partial charge in [-0.3, -0.25) is 4.90 Å². The van der Waals surface area contributed by atoms with Gasteiger partial charge in [-0.05, 0) is 60.3 Å². The van der Waals surface area contributed by atoms with E-state index in [1.54, 1.807) is 0 Å². The Kier molecular flexibility index (Phi) is 8.36. The zero-order valence-corrected chi connectivity index (χ0v) is 23.9. The maximum atomic E-state index is 13.3. The van der Waals surface area contributed by atoms with Gasteiger partial charge >= 0.3 is 6.03 Å². The number of aryl methyl sites for hydroxylation is 1. The summed E-state index contributed by atoms with van der Waals surface area (Å²) in [6, 6.07) is 15.0. The molecular formula is C33H47N3O. The van der Waals surface area contributed by atoms with Crippen LogP contribution in [0.5, 0.6) is 0 Å². The van der Waals surface area contributed by atoms with Crippen molar-refractivity contribution in [1.29, 1.82) is 0 Å². The Labute approximate surface area is 224 Å². The molecule has 2 N–H and O–H groups in total. The third-order valence-electron chi connectivity index (χ3n) is 8.68. The quantitative estimate of drug-likeness (QED) is 0.278. The molecule has 0 bridgehead atoms. The van der Waals surface area contributed by atoms with Crippen LogP contribution in [0.4, 0.5) is 10.5 Å². The van der Waals surface area contributed by atoms with Gasteiger partial charge in [0.2, 0.25) is 0 Å². The molecule has 4 heteroatoms. The van der Waals surface area contributed by atoms with Crippen LogP contribution in [0, 0.1) is 0 Å². The Morgan fingerprint density at radius 3 is 2.16 bits per heavy atom. The van der Waals surface area contributed by atoms with Gasteiger partial charge in [-0.1, -0.05) is 96.7 Å². The molecule has 1 aromatic heterocycles. The summed E-state index contributed by atoms with van der Waals surface area (Å²) in [5, 5.41) is 1.35. The number of hydrogen-bond donors (Lipinski definition) is 1. The Morgan fingerprint density at radius 1 is 0.973 bits per heavy atom. The number of hydrogen-bond acceptors (Lipinski definition) is 1. The standard InChI is InChI=1S/C33H47N3O/c1-7-8-9-19-29-30(27-15-10-11-18-28(27)35(29)6)33(20-12-13-21-33)22-36(32(34)37)31-25(23(2)3)16-14-17-26(31)24(4)5/h10-11,14-18,23-24H,7-9,12-13,19-22H2,1-6H3,(H2,34,37). The summed E-state index contributed by atoms with van der Waals surface area (Å²) in [5.74, 6) is 0.606. The lowest BCUT2D eigenvalue weighted by molar-refractivity contribution is 0.251. The minimum Gasteiger partial charge on any atom is -0.351 e. The van der Waals surface area contributed by atoms with E-state index in [0.29, 0.717) is 18.4 Å². The molecule has 4 rings (SSSR count). The predicted molar refractivity (Wildman–Crippen MR) is 158 cm³/mol. The second kappa shape index (κ2) is 11.3. The number of carbonyl (C=O) groups is 1. The molecule has 1 aliphatic rings. The van der Waals surface area contributed by atoms with Crippen LogP contribution >= 0.6 is 0 Å². The monoisotopic (exact) mass is 501 g/mol. The highest BCUT2D eigenvalue weighted by molar-refractivity contribution is 5.94. The molecular weight excluding hydrogens is 454 g/mol. The molecule has 0 saturated heterocycles. The molecule has 3 aromatic rings. The largest absolute Gasteiger partial charge is 0.351 e. The summed E-state index contributed by atoms with van der Waals surface area (Å²) < 4.78 is 2.43. The minimum absolute atomic E-state index is 0.101. The summed E-state index contributed by atoms with van der Waals surface area (Å²) >= 11 is 0. The van der Waals surface area contributed by atoms with Gasteiger partial charge in [-0.2, -0.15) is 0 Å². The number of para-hydroxylation sites is 2. The molecule has 2 amide bonds. The molecule has 2 aromatic carbocycles. The number of primary amides is 1. The predicted octanol–water partition coefficient (Wildman–Crippen LogP) is 8.55. The first-order chi connectivity index (χ1) is 17.7. The smallest absolute Gasteiger partial charge is 0.319 e. The zero-order chi connectivity index (χ0) is 26.7. The van der Waals surface area contributed by atoms with Crippen LogP contribution in [0.15, 0.2) is 42.5 Å². The number of unbranched alkanes of at least 4 members (excludes halogenated alkanes) is 2. The maximum Gasteiger partial charge on any atom is 0.319 e. The summed E-state index contributed by atoms with van der Waals surface area (Å²) in [4.78, 5) is 15.3. The Bertz CT molecular complexity index is 1200. The van der Waals surface area contributed by atoms with Gasteiger partial charge in [0.1, 0.15) is 0 Å². The number of nitrogens with two attached hydrogens (primary N) is 1. The number of rotatable bonds is 10. The lowest BCUT2D eigenvalue weighted by Crippen LogP contribution is -2.46. The number of benzene rings is 2. The molecule has 4 nitrogen and oxygen atoms in total. The van der Waals surface area contributed by atoms with Crippen molar-refractivity contribution in [1.82, 2.24) is 4.57 Å². The number of urea groups is 1. The van der Waals surface area contributed by atoms with Gasteiger partial charge in [-0.25, -0.2) is 4.79 Å². The first-order valence-electron chi connectivity index (χ1n) is 14.5. The molecule has 0 spiro atoms. The average molecular weight is 502 g/mol. The van der Waals surface area contributed by atoms with Gasteiger partial charge in [0.05, 0.1) is 5.69 Å². The highest BCUT2D eigenvalue weighted by atomic mass is 16.2. The van der Waals surface area contributed by atoms with E-state index in [4.69, 9.17) is 5.73 Å². The highest BCUT2D eigenvalue weighted by Crippen LogP contribution is 2.48. The van der Waals surface area contributed by atoms with E-state index in [9.17, 15) is 4.79 Å². The van der Waals surface area contributed by atoms with Crippen molar-refractivity contribution in [3.63, 3.8) is 0 Å². The Hall–Kier alpha value is -2.75. The molecule has 1 saturated carbocycles. The summed E-state index contributed by atoms with van der Waals surface area (Å²) in [6.07, 6.45) is 9.27. The summed E-state index contributed by atoms with van der Waals surface area (Å²) in [6.45, 7) is 11.8. The summed E-state index contributed by atoms with van der Waals surface area (Å²) in [7, 11) is 2.23. The van der Waals surface area contributed by atoms with Gasteiger partial charge < -0.3 is 10.3 Å². The first kappa shape index (κ1) is 27.3. The van der Waals surface area contributed by atoms with Crippen molar-refractivity contribution in [2.45, 2.75) is 103 Å². The van der Waals surface area contributed by atoms with E-state index in [0.717, 1.165) is 24.9 Å². The van der Waals surface area contributed by atoms with Gasteiger partial charge in [0, 0.05) is 35.6 Å². The van der Waals surface area contributed by atoms with E-state index in [1.165, 1.54) is 65.4 Å². The van der Waals surface area contributed by atoms with E-state index >= 15 is 0 Å². The van der Waals surface area contributed by atoms with Gasteiger partial charge in [0.15, 0.2) is 0 Å². The average Bonchev–Trinajstić information content (AvgIpc) is 3.45. The maximum absolute atomic E-state index is 13.3. The van der Waals surface area contributed by atoms with Crippen molar-refractivity contribution >= 4 is 22.6 Å². The third kappa shape index (κ3) is 5.17. The number of amides is 2. The second-order valence-electron chi connectivity index (χ2n) is 11.9. The summed E-state index contributed by atoms with van der Waals surface area (Å²) in [5.41, 5.74) is 13.8. The van der Waals surface area contributed by atoms with Crippen molar-refractivity contribution < 1.29 is 4.79 Å². The second-order valence-corrected chi connectivity index (χ2v) is 11.9. The van der Waals surface area contributed by atoms with Crippen LogP contribution in [-0.4, -0.2) is 17.1 Å². The fraction of sp³-hybridized carbons (Fsp3) is 0.545. The molecule has 0 unspecified atom stereocenters. The Morgan fingerprint density at radius 2 is 1.59 bits per heavy atom. The van der Waals surface area contributed by atoms with Crippen LogP contribution in [0.1, 0.15) is 114 Å². The number of fused-ring (bicyclic) bond motifs is 1.